The van der Waals surface area contributed by atoms with Crippen LogP contribution < -0.4 is 9.47 Å². The minimum absolute atomic E-state index is 0.0544. The molecule has 0 atom stereocenters. The molecule has 8 heteroatoms. The maximum Gasteiger partial charge on any atom is 0.398 e. The predicted octanol–water partition coefficient (Wildman–Crippen LogP) is 8.57. The zero-order valence-electron chi connectivity index (χ0n) is 19.2. The molecule has 0 amide bonds. The molecule has 0 N–H and O–H groups in total. The standard InChI is InChI=1S/C27H26F6O2/c1-2-3-4-5-18-6-10-20(11-7-18)21-12-8-19(9-13-21)14-15-27(32,33)35-22-16-23(28)25(24(29)17-22)34-26(30)31/h6-13,16-17,26H,2-5,14-15H2,1H3. The highest BCUT2D eigenvalue weighted by atomic mass is 19.3. The fourth-order valence-corrected chi connectivity index (χ4v) is 3.62. The summed E-state index contributed by atoms with van der Waals surface area (Å²) in [4.78, 5) is 0. The molecule has 0 spiro atoms. The van der Waals surface area contributed by atoms with Gasteiger partial charge in [0.1, 0.15) is 5.75 Å². The molecule has 3 aromatic rings. The second-order valence-corrected chi connectivity index (χ2v) is 8.18. The van der Waals surface area contributed by atoms with Gasteiger partial charge in [0.05, 0.1) is 6.42 Å². The number of aryl methyl sites for hydroxylation is 2. The molecule has 0 bridgehead atoms. The Labute approximate surface area is 200 Å². The Hall–Kier alpha value is -3.16. The van der Waals surface area contributed by atoms with Gasteiger partial charge in [-0.3, -0.25) is 0 Å². The van der Waals surface area contributed by atoms with Crippen molar-refractivity contribution in [2.45, 2.75) is 58.2 Å². The predicted molar refractivity (Wildman–Crippen MR) is 122 cm³/mol. The van der Waals surface area contributed by atoms with Crippen molar-refractivity contribution < 1.29 is 35.8 Å². The summed E-state index contributed by atoms with van der Waals surface area (Å²) >= 11 is 0. The lowest BCUT2D eigenvalue weighted by Crippen LogP contribution is -2.25. The van der Waals surface area contributed by atoms with Gasteiger partial charge in [0, 0.05) is 12.1 Å². The van der Waals surface area contributed by atoms with Gasteiger partial charge in [-0.2, -0.15) is 17.6 Å². The van der Waals surface area contributed by atoms with Crippen LogP contribution in [-0.4, -0.2) is 12.7 Å². The third kappa shape index (κ3) is 7.94. The molecule has 0 saturated heterocycles. The highest BCUT2D eigenvalue weighted by Gasteiger charge is 2.32. The summed E-state index contributed by atoms with van der Waals surface area (Å²) in [5.74, 6) is -5.33. The summed E-state index contributed by atoms with van der Waals surface area (Å²) in [6.45, 7) is -1.30. The van der Waals surface area contributed by atoms with Crippen molar-refractivity contribution in [1.82, 2.24) is 0 Å². The van der Waals surface area contributed by atoms with Crippen molar-refractivity contribution in [2.24, 2.45) is 0 Å². The highest BCUT2D eigenvalue weighted by molar-refractivity contribution is 5.64. The SMILES string of the molecule is CCCCCc1ccc(-c2ccc(CCC(F)(F)Oc3cc(F)c(OC(F)F)c(F)c3)cc2)cc1. The van der Waals surface area contributed by atoms with Crippen molar-refractivity contribution in [3.05, 3.63) is 83.4 Å². The molecule has 35 heavy (non-hydrogen) atoms. The topological polar surface area (TPSA) is 18.5 Å². The molecule has 0 saturated carbocycles. The number of halogens is 6. The minimum atomic E-state index is -3.74. The zero-order chi connectivity index (χ0) is 25.4. The van der Waals surface area contributed by atoms with Crippen LogP contribution in [0.25, 0.3) is 11.1 Å². The van der Waals surface area contributed by atoms with Gasteiger partial charge in [0.2, 0.25) is 0 Å². The van der Waals surface area contributed by atoms with Gasteiger partial charge < -0.3 is 9.47 Å². The van der Waals surface area contributed by atoms with E-state index in [0.717, 1.165) is 24.0 Å². The van der Waals surface area contributed by atoms with Crippen LogP contribution in [0.3, 0.4) is 0 Å². The van der Waals surface area contributed by atoms with Crippen molar-refractivity contribution in [3.63, 3.8) is 0 Å². The number of benzene rings is 3. The van der Waals surface area contributed by atoms with Crippen LogP contribution in [0, 0.1) is 11.6 Å². The first kappa shape index (κ1) is 26.4. The van der Waals surface area contributed by atoms with E-state index in [1.807, 2.05) is 24.3 Å². The summed E-state index contributed by atoms with van der Waals surface area (Å²) in [6, 6.07) is 16.1. The number of hydrogen-bond donors (Lipinski definition) is 0. The summed E-state index contributed by atoms with van der Waals surface area (Å²) in [5, 5.41) is 0. The molecule has 0 radical (unpaired) electrons. The van der Waals surface area contributed by atoms with E-state index in [-0.39, 0.29) is 6.42 Å². The number of hydrogen-bond acceptors (Lipinski definition) is 2. The van der Waals surface area contributed by atoms with E-state index < -0.39 is 42.3 Å². The highest BCUT2D eigenvalue weighted by Crippen LogP contribution is 2.32. The quantitative estimate of drug-likeness (QED) is 0.185. The molecule has 0 aliphatic rings. The first-order valence-corrected chi connectivity index (χ1v) is 11.4. The molecule has 0 unspecified atom stereocenters. The number of alkyl halides is 4. The normalized spacial score (nSPS) is 11.7. The van der Waals surface area contributed by atoms with Crippen molar-refractivity contribution in [1.29, 1.82) is 0 Å². The minimum Gasteiger partial charge on any atom is -0.432 e. The first-order valence-electron chi connectivity index (χ1n) is 11.4. The van der Waals surface area contributed by atoms with E-state index in [1.54, 1.807) is 12.1 Å². The van der Waals surface area contributed by atoms with E-state index in [4.69, 9.17) is 0 Å². The molecule has 0 heterocycles. The molecule has 188 valence electrons. The summed E-state index contributed by atoms with van der Waals surface area (Å²) in [6.07, 6.45) is 0.0154. The molecular weight excluding hydrogens is 470 g/mol. The van der Waals surface area contributed by atoms with Crippen LogP contribution in [0.15, 0.2) is 60.7 Å². The van der Waals surface area contributed by atoms with E-state index in [0.29, 0.717) is 17.7 Å². The lowest BCUT2D eigenvalue weighted by atomic mass is 9.99. The van der Waals surface area contributed by atoms with E-state index in [1.165, 1.54) is 18.4 Å². The Bertz CT molecular complexity index is 1060. The fraction of sp³-hybridized carbons (Fsp3) is 0.333. The Morgan fingerprint density at radius 3 is 1.77 bits per heavy atom. The van der Waals surface area contributed by atoms with E-state index >= 15 is 0 Å². The van der Waals surface area contributed by atoms with Gasteiger partial charge in [-0.05, 0) is 41.5 Å². The lowest BCUT2D eigenvalue weighted by Gasteiger charge is -2.19. The monoisotopic (exact) mass is 496 g/mol. The van der Waals surface area contributed by atoms with Crippen LogP contribution in [0.5, 0.6) is 11.5 Å². The average Bonchev–Trinajstić information content (AvgIpc) is 2.81. The van der Waals surface area contributed by atoms with Gasteiger partial charge in [0.25, 0.3) is 0 Å². The summed E-state index contributed by atoms with van der Waals surface area (Å²) in [5.41, 5.74) is 3.88. The van der Waals surface area contributed by atoms with Crippen LogP contribution >= 0.6 is 0 Å². The third-order valence-corrected chi connectivity index (χ3v) is 5.46. The molecule has 2 nitrogen and oxygen atoms in total. The zero-order valence-corrected chi connectivity index (χ0v) is 19.2. The summed E-state index contributed by atoms with van der Waals surface area (Å²) in [7, 11) is 0. The van der Waals surface area contributed by atoms with Gasteiger partial charge >= 0.3 is 12.7 Å². The van der Waals surface area contributed by atoms with Crippen molar-refractivity contribution >= 4 is 0 Å². The first-order chi connectivity index (χ1) is 16.7. The van der Waals surface area contributed by atoms with Crippen LogP contribution in [0.2, 0.25) is 0 Å². The Morgan fingerprint density at radius 1 is 0.771 bits per heavy atom. The maximum atomic E-state index is 14.2. The molecule has 3 aromatic carbocycles. The third-order valence-electron chi connectivity index (χ3n) is 5.46. The molecule has 3 rings (SSSR count). The van der Waals surface area contributed by atoms with Gasteiger partial charge in [-0.15, -0.1) is 0 Å². The van der Waals surface area contributed by atoms with E-state index in [9.17, 15) is 26.3 Å². The largest absolute Gasteiger partial charge is 0.432 e. The second kappa shape index (κ2) is 12.0. The van der Waals surface area contributed by atoms with Crippen molar-refractivity contribution in [3.8, 4) is 22.6 Å². The van der Waals surface area contributed by atoms with Crippen LogP contribution in [0.4, 0.5) is 26.3 Å². The van der Waals surface area contributed by atoms with Gasteiger partial charge in [0.15, 0.2) is 17.4 Å². The Kier molecular flexibility index (Phi) is 9.07. The average molecular weight is 496 g/mol. The van der Waals surface area contributed by atoms with Crippen molar-refractivity contribution in [2.75, 3.05) is 0 Å². The van der Waals surface area contributed by atoms with Gasteiger partial charge in [-0.25, -0.2) is 8.78 Å². The summed E-state index contributed by atoms with van der Waals surface area (Å²) < 4.78 is 88.5. The Morgan fingerprint density at radius 2 is 1.29 bits per heavy atom. The lowest BCUT2D eigenvalue weighted by molar-refractivity contribution is -0.180. The number of rotatable bonds is 12. The van der Waals surface area contributed by atoms with Gasteiger partial charge in [-0.1, -0.05) is 68.3 Å². The van der Waals surface area contributed by atoms with Crippen LogP contribution in [0.1, 0.15) is 43.7 Å². The van der Waals surface area contributed by atoms with Crippen LogP contribution in [-0.2, 0) is 12.8 Å². The number of ether oxygens (including phenoxy) is 2. The Balaban J connectivity index is 1.57. The molecule has 0 aromatic heterocycles. The molecule has 0 aliphatic carbocycles. The smallest absolute Gasteiger partial charge is 0.398 e. The second-order valence-electron chi connectivity index (χ2n) is 8.18. The molecule has 0 aliphatic heterocycles. The maximum absolute atomic E-state index is 14.2. The number of unbranched alkanes of at least 4 members (excludes halogenated alkanes) is 2. The molecule has 0 fully saturated rings. The molecular formula is C27H26F6O2. The van der Waals surface area contributed by atoms with E-state index in [2.05, 4.69) is 28.5 Å². The fourth-order valence-electron chi connectivity index (χ4n) is 3.62.